The molecular formula is C13H14O2. The minimum absolute atomic E-state index is 0.132. The largest absolute Gasteiger partial charge is 0.497 e. The van der Waals surface area contributed by atoms with Gasteiger partial charge in [0, 0.05) is 18.4 Å². The molecule has 0 aromatic heterocycles. The van der Waals surface area contributed by atoms with E-state index in [0.717, 1.165) is 12.2 Å². The van der Waals surface area contributed by atoms with Gasteiger partial charge in [0.2, 0.25) is 0 Å². The lowest BCUT2D eigenvalue weighted by Crippen LogP contribution is -1.98. The number of hydrogen-bond donors (Lipinski definition) is 0. The lowest BCUT2D eigenvalue weighted by molar-refractivity contribution is 0.0980. The van der Waals surface area contributed by atoms with Crippen LogP contribution in [0.5, 0.6) is 5.75 Å². The normalized spacial score (nSPS) is 9.33. The highest BCUT2D eigenvalue weighted by atomic mass is 16.5. The van der Waals surface area contributed by atoms with Gasteiger partial charge in [0.15, 0.2) is 5.78 Å². The highest BCUT2D eigenvalue weighted by molar-refractivity contribution is 5.96. The molecule has 0 unspecified atom stereocenters. The Morgan fingerprint density at radius 3 is 2.60 bits per heavy atom. The summed E-state index contributed by atoms with van der Waals surface area (Å²) in [5, 5.41) is 0. The van der Waals surface area contributed by atoms with Crippen molar-refractivity contribution in [3.63, 3.8) is 0 Å². The first-order valence-corrected chi connectivity index (χ1v) is 4.88. The van der Waals surface area contributed by atoms with Crippen LogP contribution in [-0.4, -0.2) is 12.9 Å². The topological polar surface area (TPSA) is 26.3 Å². The van der Waals surface area contributed by atoms with Gasteiger partial charge in [0.1, 0.15) is 5.75 Å². The standard InChI is InChI=1S/C13H14O2/c1-3-4-5-6-13(14)11-7-9-12(15-2)10-8-11/h1,7-10H,4-6H2,2H3. The summed E-state index contributed by atoms with van der Waals surface area (Å²) in [4.78, 5) is 11.6. The van der Waals surface area contributed by atoms with Crippen LogP contribution in [0.4, 0.5) is 0 Å². The fourth-order valence-corrected chi connectivity index (χ4v) is 1.27. The van der Waals surface area contributed by atoms with Crippen molar-refractivity contribution in [2.75, 3.05) is 7.11 Å². The molecule has 0 aliphatic carbocycles. The number of ketones is 1. The molecule has 1 rings (SSSR count). The molecule has 0 aliphatic rings. The maximum atomic E-state index is 11.6. The van der Waals surface area contributed by atoms with Crippen molar-refractivity contribution in [1.82, 2.24) is 0 Å². The van der Waals surface area contributed by atoms with Gasteiger partial charge in [-0.3, -0.25) is 4.79 Å². The summed E-state index contributed by atoms with van der Waals surface area (Å²) in [6.45, 7) is 0. The molecule has 15 heavy (non-hydrogen) atoms. The zero-order valence-corrected chi connectivity index (χ0v) is 8.82. The Morgan fingerprint density at radius 1 is 1.40 bits per heavy atom. The molecule has 0 radical (unpaired) electrons. The zero-order chi connectivity index (χ0) is 11.1. The molecule has 2 heteroatoms. The molecule has 0 amide bonds. The first kappa shape index (κ1) is 11.3. The summed E-state index contributed by atoms with van der Waals surface area (Å²) in [5.41, 5.74) is 0.716. The Hall–Kier alpha value is -1.75. The molecule has 0 N–H and O–H groups in total. The summed E-state index contributed by atoms with van der Waals surface area (Å²) in [7, 11) is 1.60. The highest BCUT2D eigenvalue weighted by Crippen LogP contribution is 2.13. The Morgan fingerprint density at radius 2 is 2.07 bits per heavy atom. The van der Waals surface area contributed by atoms with E-state index in [-0.39, 0.29) is 5.78 Å². The number of benzene rings is 1. The third kappa shape index (κ3) is 3.47. The van der Waals surface area contributed by atoms with Crippen molar-refractivity contribution < 1.29 is 9.53 Å². The van der Waals surface area contributed by atoms with Crippen LogP contribution in [0, 0.1) is 12.3 Å². The third-order valence-corrected chi connectivity index (χ3v) is 2.14. The Bertz CT molecular complexity index is 357. The van der Waals surface area contributed by atoms with Gasteiger partial charge in [0.05, 0.1) is 7.11 Å². The molecule has 2 nitrogen and oxygen atoms in total. The number of unbranched alkanes of at least 4 members (excludes halogenated alkanes) is 1. The zero-order valence-electron chi connectivity index (χ0n) is 8.82. The lowest BCUT2D eigenvalue weighted by Gasteiger charge is -2.01. The van der Waals surface area contributed by atoms with Crippen LogP contribution in [0.2, 0.25) is 0 Å². The number of terminal acetylenes is 1. The van der Waals surface area contributed by atoms with Gasteiger partial charge in [-0.15, -0.1) is 12.3 Å². The van der Waals surface area contributed by atoms with Gasteiger partial charge in [0.25, 0.3) is 0 Å². The van der Waals surface area contributed by atoms with E-state index < -0.39 is 0 Å². The van der Waals surface area contributed by atoms with Crippen LogP contribution in [0.1, 0.15) is 29.6 Å². The van der Waals surface area contributed by atoms with Gasteiger partial charge >= 0.3 is 0 Å². The monoisotopic (exact) mass is 202 g/mol. The second-order valence-electron chi connectivity index (χ2n) is 3.21. The quantitative estimate of drug-likeness (QED) is 0.417. The molecule has 0 heterocycles. The Balaban J connectivity index is 2.55. The van der Waals surface area contributed by atoms with Crippen molar-refractivity contribution in [2.45, 2.75) is 19.3 Å². The summed E-state index contributed by atoms with van der Waals surface area (Å²) < 4.78 is 5.01. The van der Waals surface area contributed by atoms with Crippen LogP contribution < -0.4 is 4.74 Å². The first-order valence-electron chi connectivity index (χ1n) is 4.88. The van der Waals surface area contributed by atoms with Crippen molar-refractivity contribution in [1.29, 1.82) is 0 Å². The fraction of sp³-hybridized carbons (Fsp3) is 0.308. The first-order chi connectivity index (χ1) is 7.27. The Kier molecular flexibility index (Phi) is 4.43. The van der Waals surface area contributed by atoms with Crippen molar-refractivity contribution in [3.8, 4) is 18.1 Å². The van der Waals surface area contributed by atoms with Crippen LogP contribution in [0.3, 0.4) is 0 Å². The maximum Gasteiger partial charge on any atom is 0.162 e. The number of methoxy groups -OCH3 is 1. The predicted octanol–water partition coefficient (Wildman–Crippen LogP) is 2.68. The van der Waals surface area contributed by atoms with Gasteiger partial charge in [-0.1, -0.05) is 0 Å². The van der Waals surface area contributed by atoms with Crippen LogP contribution in [0.15, 0.2) is 24.3 Å². The SMILES string of the molecule is C#CCCCC(=O)c1ccc(OC)cc1. The molecule has 0 aliphatic heterocycles. The van der Waals surface area contributed by atoms with E-state index in [0.29, 0.717) is 18.4 Å². The number of Topliss-reactive ketones (excluding diaryl/α,β-unsaturated/α-hetero) is 1. The molecule has 1 aromatic carbocycles. The average Bonchev–Trinajstić information content (AvgIpc) is 2.29. The summed E-state index contributed by atoms with van der Waals surface area (Å²) >= 11 is 0. The van der Waals surface area contributed by atoms with Crippen LogP contribution in [0.25, 0.3) is 0 Å². The van der Waals surface area contributed by atoms with E-state index in [1.165, 1.54) is 0 Å². The Labute approximate surface area is 90.3 Å². The molecule has 0 fully saturated rings. The van der Waals surface area contributed by atoms with Crippen molar-refractivity contribution in [3.05, 3.63) is 29.8 Å². The number of rotatable bonds is 5. The molecule has 0 saturated carbocycles. The van der Waals surface area contributed by atoms with Crippen LogP contribution in [-0.2, 0) is 0 Å². The average molecular weight is 202 g/mol. The van der Waals surface area contributed by atoms with E-state index in [1.807, 2.05) is 0 Å². The molecule has 0 atom stereocenters. The van der Waals surface area contributed by atoms with Gasteiger partial charge in [-0.2, -0.15) is 0 Å². The number of ether oxygens (including phenoxy) is 1. The minimum atomic E-state index is 0.132. The van der Waals surface area contributed by atoms with Gasteiger partial charge < -0.3 is 4.74 Å². The summed E-state index contributed by atoms with van der Waals surface area (Å²) in [6, 6.07) is 7.12. The van der Waals surface area contributed by atoms with Gasteiger partial charge in [-0.25, -0.2) is 0 Å². The molecule has 78 valence electrons. The van der Waals surface area contributed by atoms with E-state index in [4.69, 9.17) is 11.2 Å². The molecule has 0 spiro atoms. The summed E-state index contributed by atoms with van der Waals surface area (Å²) in [6.07, 6.45) is 7.03. The second-order valence-corrected chi connectivity index (χ2v) is 3.21. The smallest absolute Gasteiger partial charge is 0.162 e. The van der Waals surface area contributed by atoms with E-state index in [9.17, 15) is 4.79 Å². The van der Waals surface area contributed by atoms with Gasteiger partial charge in [-0.05, 0) is 30.7 Å². The fourth-order valence-electron chi connectivity index (χ4n) is 1.27. The third-order valence-electron chi connectivity index (χ3n) is 2.14. The predicted molar refractivity (Wildman–Crippen MR) is 60.0 cm³/mol. The van der Waals surface area contributed by atoms with E-state index in [1.54, 1.807) is 31.4 Å². The van der Waals surface area contributed by atoms with E-state index in [2.05, 4.69) is 5.92 Å². The molecule has 1 aromatic rings. The van der Waals surface area contributed by atoms with Crippen molar-refractivity contribution >= 4 is 5.78 Å². The molecule has 0 bridgehead atoms. The summed E-state index contributed by atoms with van der Waals surface area (Å²) in [5.74, 6) is 3.41. The minimum Gasteiger partial charge on any atom is -0.497 e. The van der Waals surface area contributed by atoms with Crippen molar-refractivity contribution in [2.24, 2.45) is 0 Å². The molecular weight excluding hydrogens is 188 g/mol. The number of carbonyl (C=O) groups is 1. The van der Waals surface area contributed by atoms with Crippen LogP contribution >= 0.6 is 0 Å². The maximum absolute atomic E-state index is 11.6. The second kappa shape index (κ2) is 5.87. The molecule has 0 saturated heterocycles. The van der Waals surface area contributed by atoms with E-state index >= 15 is 0 Å². The lowest BCUT2D eigenvalue weighted by atomic mass is 10.1. The highest BCUT2D eigenvalue weighted by Gasteiger charge is 2.04. The number of carbonyl (C=O) groups excluding carboxylic acids is 1. The number of hydrogen-bond acceptors (Lipinski definition) is 2.